The third-order valence-electron chi connectivity index (χ3n) is 2.75. The molecule has 2 nitrogen and oxygen atoms in total. The zero-order valence-corrected chi connectivity index (χ0v) is 5.41. The first-order valence-corrected chi connectivity index (χ1v) is 3.67. The number of ether oxygens (including phenoxy) is 2. The number of rotatable bonds is 0. The van der Waals surface area contributed by atoms with E-state index in [9.17, 15) is 0 Å². The second-order valence-corrected chi connectivity index (χ2v) is 3.42. The molecule has 3 saturated heterocycles. The highest BCUT2D eigenvalue weighted by Gasteiger charge is 2.63. The van der Waals surface area contributed by atoms with Crippen LogP contribution in [0.2, 0.25) is 0 Å². The second-order valence-electron chi connectivity index (χ2n) is 3.42. The molecule has 0 aromatic carbocycles. The fourth-order valence-electron chi connectivity index (χ4n) is 2.20. The van der Waals surface area contributed by atoms with Crippen LogP contribution in [-0.4, -0.2) is 24.4 Å². The molecule has 3 heterocycles. The molecule has 0 amide bonds. The van der Waals surface area contributed by atoms with Crippen LogP contribution >= 0.6 is 0 Å². The van der Waals surface area contributed by atoms with Crippen molar-refractivity contribution in [3.05, 3.63) is 0 Å². The van der Waals surface area contributed by atoms with Crippen molar-refractivity contribution in [1.82, 2.24) is 0 Å². The zero-order chi connectivity index (χ0) is 6.01. The van der Waals surface area contributed by atoms with Gasteiger partial charge in [-0.25, -0.2) is 0 Å². The number of epoxide rings is 1. The number of fused-ring (bicyclic) bond motifs is 5. The summed E-state index contributed by atoms with van der Waals surface area (Å²) in [7, 11) is 0. The average Bonchev–Trinajstić information content (AvgIpc) is 2.46. The quantitative estimate of drug-likeness (QED) is 0.442. The Hall–Kier alpha value is -0.0800. The van der Waals surface area contributed by atoms with Crippen molar-refractivity contribution in [2.75, 3.05) is 0 Å². The predicted molar refractivity (Wildman–Crippen MR) is 31.1 cm³/mol. The first-order valence-electron chi connectivity index (χ1n) is 3.67. The van der Waals surface area contributed by atoms with Crippen LogP contribution in [0.5, 0.6) is 0 Å². The third kappa shape index (κ3) is 0.413. The van der Waals surface area contributed by atoms with Crippen LogP contribution in [0.4, 0.5) is 0 Å². The molecule has 0 aliphatic carbocycles. The van der Waals surface area contributed by atoms with Crippen molar-refractivity contribution in [1.29, 1.82) is 0 Å². The molecular formula is C7H10O2. The largest absolute Gasteiger partial charge is 0.369 e. The molecule has 2 bridgehead atoms. The van der Waals surface area contributed by atoms with Crippen molar-refractivity contribution >= 4 is 0 Å². The van der Waals surface area contributed by atoms with Gasteiger partial charge in [-0.15, -0.1) is 0 Å². The van der Waals surface area contributed by atoms with Gasteiger partial charge in [-0.2, -0.15) is 0 Å². The molecule has 0 aromatic heterocycles. The molecule has 0 saturated carbocycles. The first-order chi connectivity index (χ1) is 4.36. The maximum Gasteiger partial charge on any atom is 0.113 e. The summed E-state index contributed by atoms with van der Waals surface area (Å²) in [5, 5.41) is 0. The summed E-state index contributed by atoms with van der Waals surface area (Å²) < 4.78 is 11.0. The lowest BCUT2D eigenvalue weighted by atomic mass is 9.91. The van der Waals surface area contributed by atoms with E-state index in [0.717, 1.165) is 5.92 Å². The Labute approximate surface area is 54.1 Å². The van der Waals surface area contributed by atoms with Crippen LogP contribution in [0.15, 0.2) is 0 Å². The van der Waals surface area contributed by atoms with Gasteiger partial charge in [0.05, 0.1) is 12.2 Å². The lowest BCUT2D eigenvalue weighted by Gasteiger charge is -2.08. The van der Waals surface area contributed by atoms with Crippen LogP contribution in [0, 0.1) is 5.92 Å². The SMILES string of the molecule is C[C@H]1C[C@H]2O[C@H]1[C@@H]1O[C@@H]12. The van der Waals surface area contributed by atoms with E-state index in [0.29, 0.717) is 24.4 Å². The molecule has 3 aliphatic rings. The zero-order valence-electron chi connectivity index (χ0n) is 5.41. The highest BCUT2D eigenvalue weighted by Crippen LogP contribution is 2.50. The molecule has 0 aromatic rings. The van der Waals surface area contributed by atoms with Gasteiger partial charge in [-0.05, 0) is 12.3 Å². The van der Waals surface area contributed by atoms with Crippen LogP contribution in [0.3, 0.4) is 0 Å². The molecule has 3 aliphatic heterocycles. The molecule has 3 rings (SSSR count). The Morgan fingerprint density at radius 3 is 2.56 bits per heavy atom. The summed E-state index contributed by atoms with van der Waals surface area (Å²) >= 11 is 0. The van der Waals surface area contributed by atoms with E-state index in [-0.39, 0.29) is 0 Å². The molecule has 0 spiro atoms. The number of hydrogen-bond acceptors (Lipinski definition) is 2. The van der Waals surface area contributed by atoms with Gasteiger partial charge in [0.25, 0.3) is 0 Å². The summed E-state index contributed by atoms with van der Waals surface area (Å²) in [5.74, 6) is 0.749. The van der Waals surface area contributed by atoms with Crippen molar-refractivity contribution in [3.63, 3.8) is 0 Å². The standard InChI is InChI=1S/C7H10O2/c1-3-2-4-6-7(9-6)5(3)8-4/h3-7H,2H2,1H3/t3-,4+,5+,6+,7-/m0/s1. The molecule has 2 heteroatoms. The molecule has 5 atom stereocenters. The van der Waals surface area contributed by atoms with Crippen molar-refractivity contribution in [2.24, 2.45) is 5.92 Å². The van der Waals surface area contributed by atoms with E-state index >= 15 is 0 Å². The topological polar surface area (TPSA) is 21.8 Å². The predicted octanol–water partition coefficient (Wildman–Crippen LogP) is 0.561. The Morgan fingerprint density at radius 1 is 1.11 bits per heavy atom. The van der Waals surface area contributed by atoms with Crippen LogP contribution in [0.1, 0.15) is 13.3 Å². The van der Waals surface area contributed by atoms with E-state index in [1.54, 1.807) is 0 Å². The van der Waals surface area contributed by atoms with Gasteiger partial charge in [0, 0.05) is 0 Å². The maximum absolute atomic E-state index is 5.62. The van der Waals surface area contributed by atoms with Gasteiger partial charge < -0.3 is 9.47 Å². The second kappa shape index (κ2) is 1.18. The van der Waals surface area contributed by atoms with Crippen molar-refractivity contribution in [2.45, 2.75) is 37.8 Å². The van der Waals surface area contributed by atoms with Crippen LogP contribution < -0.4 is 0 Å². The van der Waals surface area contributed by atoms with Gasteiger partial charge >= 0.3 is 0 Å². The molecule has 0 radical (unpaired) electrons. The molecule has 0 N–H and O–H groups in total. The monoisotopic (exact) mass is 126 g/mol. The van der Waals surface area contributed by atoms with Crippen molar-refractivity contribution in [3.8, 4) is 0 Å². The minimum absolute atomic E-state index is 0.458. The van der Waals surface area contributed by atoms with E-state index in [4.69, 9.17) is 9.47 Å². The van der Waals surface area contributed by atoms with Gasteiger partial charge in [0.15, 0.2) is 0 Å². The first kappa shape index (κ1) is 4.69. The van der Waals surface area contributed by atoms with Crippen LogP contribution in [0.25, 0.3) is 0 Å². The lowest BCUT2D eigenvalue weighted by molar-refractivity contribution is 0.0133. The fourth-order valence-corrected chi connectivity index (χ4v) is 2.20. The van der Waals surface area contributed by atoms with Gasteiger partial charge in [-0.3, -0.25) is 0 Å². The maximum atomic E-state index is 5.62. The van der Waals surface area contributed by atoms with E-state index in [1.165, 1.54) is 6.42 Å². The summed E-state index contributed by atoms with van der Waals surface area (Å²) in [6, 6.07) is 0. The van der Waals surface area contributed by atoms with Crippen LogP contribution in [-0.2, 0) is 9.47 Å². The third-order valence-corrected chi connectivity index (χ3v) is 2.75. The molecule has 0 unspecified atom stereocenters. The lowest BCUT2D eigenvalue weighted by Crippen LogP contribution is -2.20. The highest BCUT2D eigenvalue weighted by atomic mass is 16.7. The highest BCUT2D eigenvalue weighted by molar-refractivity contribution is 5.10. The average molecular weight is 126 g/mol. The molecule has 9 heavy (non-hydrogen) atoms. The van der Waals surface area contributed by atoms with E-state index in [2.05, 4.69) is 6.92 Å². The normalized spacial score (nSPS) is 68.3. The molecule has 50 valence electrons. The smallest absolute Gasteiger partial charge is 0.113 e. The summed E-state index contributed by atoms with van der Waals surface area (Å²) in [4.78, 5) is 0. The van der Waals surface area contributed by atoms with E-state index in [1.807, 2.05) is 0 Å². The van der Waals surface area contributed by atoms with E-state index < -0.39 is 0 Å². The number of hydrogen-bond donors (Lipinski definition) is 0. The van der Waals surface area contributed by atoms with Gasteiger partial charge in [0.1, 0.15) is 12.2 Å². The minimum atomic E-state index is 0.458. The Morgan fingerprint density at radius 2 is 2.00 bits per heavy atom. The van der Waals surface area contributed by atoms with Gasteiger partial charge in [-0.1, -0.05) is 6.92 Å². The summed E-state index contributed by atoms with van der Waals surface area (Å²) in [6.07, 6.45) is 3.16. The fraction of sp³-hybridized carbons (Fsp3) is 1.00. The Bertz CT molecular complexity index is 153. The Balaban J connectivity index is 1.96. The molecular weight excluding hydrogens is 116 g/mol. The molecule has 3 fully saturated rings. The minimum Gasteiger partial charge on any atom is -0.369 e. The van der Waals surface area contributed by atoms with Crippen molar-refractivity contribution < 1.29 is 9.47 Å². The summed E-state index contributed by atoms with van der Waals surface area (Å²) in [5.41, 5.74) is 0. The summed E-state index contributed by atoms with van der Waals surface area (Å²) in [6.45, 7) is 2.25. The Kier molecular flexibility index (Phi) is 0.616. The van der Waals surface area contributed by atoms with Gasteiger partial charge in [0.2, 0.25) is 0 Å².